The van der Waals surface area contributed by atoms with Crippen LogP contribution in [0.1, 0.15) is 18.1 Å². The molecule has 8 heteroatoms. The Hall–Kier alpha value is -2.10. The van der Waals surface area contributed by atoms with Crippen molar-refractivity contribution in [1.82, 2.24) is 10.6 Å². The van der Waals surface area contributed by atoms with Gasteiger partial charge in [-0.2, -0.15) is 8.78 Å². The van der Waals surface area contributed by atoms with Gasteiger partial charge in [0.1, 0.15) is 11.5 Å². The standard InChI is InChI=1S/C19H23F2N3O2.HI/c1-3-25-17-10-5-4-8-15(17)13-24-19(22-2)23-12-14-7-6-9-16(11-14)26-18(20)21;/h4-11,18H,3,12-13H2,1-2H3,(H2,22,23,24);1H. The number of rotatable bonds is 8. The van der Waals surface area contributed by atoms with Gasteiger partial charge in [0.25, 0.3) is 0 Å². The maximum absolute atomic E-state index is 12.3. The molecule has 2 aromatic rings. The lowest BCUT2D eigenvalue weighted by atomic mass is 10.2. The van der Waals surface area contributed by atoms with Crippen LogP contribution in [0.15, 0.2) is 53.5 Å². The van der Waals surface area contributed by atoms with Gasteiger partial charge in [-0.1, -0.05) is 30.3 Å². The second-order valence-electron chi connectivity index (χ2n) is 5.35. The number of para-hydroxylation sites is 1. The van der Waals surface area contributed by atoms with E-state index in [1.165, 1.54) is 6.07 Å². The highest BCUT2D eigenvalue weighted by molar-refractivity contribution is 14.0. The van der Waals surface area contributed by atoms with E-state index >= 15 is 0 Å². The summed E-state index contributed by atoms with van der Waals surface area (Å²) in [5, 5.41) is 6.35. The number of guanidine groups is 1. The minimum Gasteiger partial charge on any atom is -0.494 e. The van der Waals surface area contributed by atoms with Gasteiger partial charge in [0, 0.05) is 25.7 Å². The van der Waals surface area contributed by atoms with E-state index in [0.29, 0.717) is 25.7 Å². The Morgan fingerprint density at radius 3 is 2.52 bits per heavy atom. The molecule has 148 valence electrons. The molecule has 0 saturated carbocycles. The van der Waals surface area contributed by atoms with Crippen molar-refractivity contribution in [2.75, 3.05) is 13.7 Å². The first-order valence-electron chi connectivity index (χ1n) is 8.31. The smallest absolute Gasteiger partial charge is 0.387 e. The van der Waals surface area contributed by atoms with E-state index in [9.17, 15) is 8.78 Å². The van der Waals surface area contributed by atoms with Crippen LogP contribution >= 0.6 is 24.0 Å². The number of nitrogens with one attached hydrogen (secondary N) is 2. The van der Waals surface area contributed by atoms with Crippen LogP contribution in [0, 0.1) is 0 Å². The Kier molecular flexibility index (Phi) is 10.5. The van der Waals surface area contributed by atoms with Crippen LogP contribution in [0.2, 0.25) is 0 Å². The van der Waals surface area contributed by atoms with E-state index in [4.69, 9.17) is 4.74 Å². The number of benzene rings is 2. The largest absolute Gasteiger partial charge is 0.494 e. The lowest BCUT2D eigenvalue weighted by Crippen LogP contribution is -2.36. The van der Waals surface area contributed by atoms with E-state index < -0.39 is 6.61 Å². The summed E-state index contributed by atoms with van der Waals surface area (Å²) in [6.45, 7) is 0.674. The normalized spacial score (nSPS) is 10.9. The molecule has 0 aliphatic heterocycles. The molecule has 2 aromatic carbocycles. The molecule has 2 N–H and O–H groups in total. The molecule has 0 saturated heterocycles. The lowest BCUT2D eigenvalue weighted by molar-refractivity contribution is -0.0498. The van der Waals surface area contributed by atoms with E-state index in [1.807, 2.05) is 37.3 Å². The number of hydrogen-bond acceptors (Lipinski definition) is 3. The van der Waals surface area contributed by atoms with E-state index in [-0.39, 0.29) is 29.7 Å². The molecule has 0 radical (unpaired) electrons. The zero-order valence-electron chi connectivity index (χ0n) is 15.2. The van der Waals surface area contributed by atoms with E-state index in [1.54, 1.807) is 19.2 Å². The van der Waals surface area contributed by atoms with Crippen LogP contribution in [0.25, 0.3) is 0 Å². The summed E-state index contributed by atoms with van der Waals surface area (Å²) in [4.78, 5) is 4.17. The van der Waals surface area contributed by atoms with Crippen molar-refractivity contribution in [3.8, 4) is 11.5 Å². The summed E-state index contributed by atoms with van der Waals surface area (Å²) < 4.78 is 34.6. The molecule has 0 aliphatic carbocycles. The highest BCUT2D eigenvalue weighted by Gasteiger charge is 2.06. The maximum Gasteiger partial charge on any atom is 0.387 e. The van der Waals surface area contributed by atoms with Crippen molar-refractivity contribution < 1.29 is 18.3 Å². The van der Waals surface area contributed by atoms with Crippen molar-refractivity contribution in [3.63, 3.8) is 0 Å². The minimum atomic E-state index is -2.84. The van der Waals surface area contributed by atoms with Crippen molar-refractivity contribution in [2.24, 2.45) is 4.99 Å². The van der Waals surface area contributed by atoms with Gasteiger partial charge in [0.15, 0.2) is 5.96 Å². The summed E-state index contributed by atoms with van der Waals surface area (Å²) in [7, 11) is 1.67. The molecule has 0 fully saturated rings. The zero-order valence-corrected chi connectivity index (χ0v) is 17.6. The Bertz CT molecular complexity index is 730. The quantitative estimate of drug-likeness (QED) is 0.331. The molecular formula is C19H24F2IN3O2. The van der Waals surface area contributed by atoms with Crippen molar-refractivity contribution >= 4 is 29.9 Å². The van der Waals surface area contributed by atoms with Crippen molar-refractivity contribution in [2.45, 2.75) is 26.6 Å². The van der Waals surface area contributed by atoms with E-state index in [2.05, 4.69) is 20.4 Å². The number of ether oxygens (including phenoxy) is 2. The first-order chi connectivity index (χ1) is 12.6. The molecule has 0 unspecified atom stereocenters. The number of aliphatic imine (C=N–C) groups is 1. The molecule has 27 heavy (non-hydrogen) atoms. The first-order valence-corrected chi connectivity index (χ1v) is 8.31. The van der Waals surface area contributed by atoms with Crippen LogP contribution in [0.4, 0.5) is 8.78 Å². The SMILES string of the molecule is CCOc1ccccc1CNC(=NC)NCc1cccc(OC(F)F)c1.I. The summed E-state index contributed by atoms with van der Waals surface area (Å²) in [6.07, 6.45) is 0. The Morgan fingerprint density at radius 2 is 1.81 bits per heavy atom. The van der Waals surface area contributed by atoms with Gasteiger partial charge in [0.2, 0.25) is 0 Å². The monoisotopic (exact) mass is 491 g/mol. The third kappa shape index (κ3) is 7.98. The summed E-state index contributed by atoms with van der Waals surface area (Å²) in [5.41, 5.74) is 1.82. The number of nitrogens with zero attached hydrogens (tertiary/aromatic N) is 1. The topological polar surface area (TPSA) is 54.9 Å². The predicted molar refractivity (Wildman–Crippen MR) is 113 cm³/mol. The predicted octanol–water partition coefficient (Wildman–Crippen LogP) is 4.17. The van der Waals surface area contributed by atoms with Crippen molar-refractivity contribution in [1.29, 1.82) is 0 Å². The van der Waals surface area contributed by atoms with Gasteiger partial charge < -0.3 is 20.1 Å². The molecule has 0 amide bonds. The summed E-state index contributed by atoms with van der Waals surface area (Å²) >= 11 is 0. The average Bonchev–Trinajstić information content (AvgIpc) is 2.63. The van der Waals surface area contributed by atoms with Gasteiger partial charge in [-0.25, -0.2) is 0 Å². The summed E-state index contributed by atoms with van der Waals surface area (Å²) in [6, 6.07) is 14.3. The average molecular weight is 491 g/mol. The molecule has 0 atom stereocenters. The molecular weight excluding hydrogens is 467 g/mol. The highest BCUT2D eigenvalue weighted by Crippen LogP contribution is 2.18. The Balaban J connectivity index is 0.00000364. The summed E-state index contributed by atoms with van der Waals surface area (Å²) in [5.74, 6) is 1.55. The third-order valence-electron chi connectivity index (χ3n) is 3.53. The van der Waals surface area contributed by atoms with Crippen LogP contribution in [-0.4, -0.2) is 26.2 Å². The van der Waals surface area contributed by atoms with Crippen LogP contribution in [0.3, 0.4) is 0 Å². The van der Waals surface area contributed by atoms with Gasteiger partial charge in [-0.15, -0.1) is 24.0 Å². The van der Waals surface area contributed by atoms with Crippen LogP contribution in [-0.2, 0) is 13.1 Å². The number of hydrogen-bond donors (Lipinski definition) is 2. The molecule has 0 aliphatic rings. The second-order valence-corrected chi connectivity index (χ2v) is 5.35. The van der Waals surface area contributed by atoms with Gasteiger partial charge >= 0.3 is 6.61 Å². The van der Waals surface area contributed by atoms with Crippen molar-refractivity contribution in [3.05, 3.63) is 59.7 Å². The van der Waals surface area contributed by atoms with Gasteiger partial charge in [-0.3, -0.25) is 4.99 Å². The molecule has 0 bridgehead atoms. The minimum absolute atomic E-state index is 0. The van der Waals surface area contributed by atoms with E-state index in [0.717, 1.165) is 16.9 Å². The molecule has 0 heterocycles. The van der Waals surface area contributed by atoms with Crippen LogP contribution < -0.4 is 20.1 Å². The second kappa shape index (κ2) is 12.3. The lowest BCUT2D eigenvalue weighted by Gasteiger charge is -2.14. The fourth-order valence-electron chi connectivity index (χ4n) is 2.36. The van der Waals surface area contributed by atoms with Gasteiger partial charge in [0.05, 0.1) is 6.61 Å². The first kappa shape index (κ1) is 22.9. The molecule has 0 spiro atoms. The number of alkyl halides is 2. The highest BCUT2D eigenvalue weighted by atomic mass is 127. The fourth-order valence-corrected chi connectivity index (χ4v) is 2.36. The number of halogens is 3. The zero-order chi connectivity index (χ0) is 18.8. The molecule has 2 rings (SSSR count). The Labute approximate surface area is 175 Å². The maximum atomic E-state index is 12.3. The third-order valence-corrected chi connectivity index (χ3v) is 3.53. The fraction of sp³-hybridized carbons (Fsp3) is 0.316. The molecule has 5 nitrogen and oxygen atoms in total. The Morgan fingerprint density at radius 1 is 1.07 bits per heavy atom. The van der Waals surface area contributed by atoms with Gasteiger partial charge in [-0.05, 0) is 30.7 Å². The van der Waals surface area contributed by atoms with Crippen LogP contribution in [0.5, 0.6) is 11.5 Å². The molecule has 0 aromatic heterocycles.